The summed E-state index contributed by atoms with van der Waals surface area (Å²) in [5.41, 5.74) is 4.04. The van der Waals surface area contributed by atoms with Crippen molar-refractivity contribution in [3.63, 3.8) is 0 Å². The number of benzene rings is 2. The van der Waals surface area contributed by atoms with Crippen molar-refractivity contribution in [2.75, 3.05) is 11.4 Å². The third-order valence-corrected chi connectivity index (χ3v) is 4.45. The molecule has 2 aromatic carbocycles. The van der Waals surface area contributed by atoms with E-state index < -0.39 is 6.23 Å². The van der Waals surface area contributed by atoms with E-state index in [2.05, 4.69) is 41.3 Å². The van der Waals surface area contributed by atoms with E-state index >= 15 is 0 Å². The fraction of sp³-hybridized carbons (Fsp3) is 0.368. The van der Waals surface area contributed by atoms with Crippen LogP contribution in [-0.4, -0.2) is 17.9 Å². The van der Waals surface area contributed by atoms with Gasteiger partial charge in [-0.1, -0.05) is 42.5 Å². The number of hydrogen-bond donors (Lipinski definition) is 1. The van der Waals surface area contributed by atoms with E-state index in [0.717, 1.165) is 12.2 Å². The zero-order valence-corrected chi connectivity index (χ0v) is 12.6. The fourth-order valence-corrected chi connectivity index (χ4v) is 3.37. The van der Waals surface area contributed by atoms with Gasteiger partial charge in [-0.15, -0.1) is 0 Å². The largest absolute Gasteiger partial charge is 0.374 e. The predicted molar refractivity (Wildman–Crippen MR) is 87.6 cm³/mol. The minimum Gasteiger partial charge on any atom is -0.374 e. The number of aliphatic hydroxyl groups excluding tert-OH is 1. The van der Waals surface area contributed by atoms with E-state index in [4.69, 9.17) is 0 Å². The van der Waals surface area contributed by atoms with Crippen LogP contribution in [0.3, 0.4) is 0 Å². The van der Waals surface area contributed by atoms with Crippen molar-refractivity contribution in [1.82, 2.24) is 0 Å². The van der Waals surface area contributed by atoms with Crippen LogP contribution in [0.2, 0.25) is 0 Å². The maximum Gasteiger partial charge on any atom is 0.124 e. The number of anilines is 1. The SMILES string of the molecule is CC(O)N(CC1CCCc2ccccc21)c1ccccc1. The van der Waals surface area contributed by atoms with Crippen molar-refractivity contribution in [3.8, 4) is 0 Å². The maximum absolute atomic E-state index is 10.2. The Hall–Kier alpha value is -1.80. The second-order valence-electron chi connectivity index (χ2n) is 5.91. The van der Waals surface area contributed by atoms with Gasteiger partial charge in [0.1, 0.15) is 6.23 Å². The average Bonchev–Trinajstić information content (AvgIpc) is 2.53. The van der Waals surface area contributed by atoms with Gasteiger partial charge in [0.2, 0.25) is 0 Å². The summed E-state index contributed by atoms with van der Waals surface area (Å²) in [4.78, 5) is 2.10. The van der Waals surface area contributed by atoms with E-state index in [1.165, 1.54) is 30.4 Å². The summed E-state index contributed by atoms with van der Waals surface area (Å²) < 4.78 is 0. The van der Waals surface area contributed by atoms with Gasteiger partial charge in [0.05, 0.1) is 0 Å². The van der Waals surface area contributed by atoms with Crippen LogP contribution in [0.1, 0.15) is 36.8 Å². The molecule has 1 aliphatic rings. The van der Waals surface area contributed by atoms with Crippen LogP contribution in [0.15, 0.2) is 54.6 Å². The summed E-state index contributed by atoms with van der Waals surface area (Å²) in [5, 5.41) is 10.2. The number of nitrogens with zero attached hydrogens (tertiary/aromatic N) is 1. The lowest BCUT2D eigenvalue weighted by molar-refractivity contribution is 0.185. The van der Waals surface area contributed by atoms with Crippen LogP contribution in [0.5, 0.6) is 0 Å². The Labute approximate surface area is 127 Å². The summed E-state index contributed by atoms with van der Waals surface area (Å²) in [6.45, 7) is 2.72. The van der Waals surface area contributed by atoms with E-state index in [1.807, 2.05) is 25.1 Å². The van der Waals surface area contributed by atoms with Crippen molar-refractivity contribution in [2.45, 2.75) is 38.3 Å². The molecule has 110 valence electrons. The zero-order chi connectivity index (χ0) is 14.7. The monoisotopic (exact) mass is 281 g/mol. The van der Waals surface area contributed by atoms with E-state index in [-0.39, 0.29) is 0 Å². The highest BCUT2D eigenvalue weighted by Crippen LogP contribution is 2.33. The molecule has 2 heteroatoms. The standard InChI is InChI=1S/C19H23NO/c1-15(21)20(18-11-3-2-4-12-18)14-17-10-7-9-16-8-5-6-13-19(16)17/h2-6,8,11-13,15,17,21H,7,9-10,14H2,1H3. The van der Waals surface area contributed by atoms with Crippen LogP contribution in [0.25, 0.3) is 0 Å². The van der Waals surface area contributed by atoms with Gasteiger partial charge in [-0.05, 0) is 49.4 Å². The first-order valence-corrected chi connectivity index (χ1v) is 7.83. The van der Waals surface area contributed by atoms with Crippen LogP contribution in [0.4, 0.5) is 5.69 Å². The van der Waals surface area contributed by atoms with Crippen molar-refractivity contribution in [1.29, 1.82) is 0 Å². The molecule has 3 rings (SSSR count). The molecule has 2 atom stereocenters. The number of rotatable bonds is 4. The molecule has 2 unspecified atom stereocenters. The number of para-hydroxylation sites is 1. The highest BCUT2D eigenvalue weighted by Gasteiger charge is 2.24. The van der Waals surface area contributed by atoms with Crippen molar-refractivity contribution >= 4 is 5.69 Å². The number of aliphatic hydroxyl groups is 1. The number of hydrogen-bond acceptors (Lipinski definition) is 2. The Morgan fingerprint density at radius 3 is 2.57 bits per heavy atom. The topological polar surface area (TPSA) is 23.5 Å². The molecular weight excluding hydrogens is 258 g/mol. The Morgan fingerprint density at radius 2 is 1.81 bits per heavy atom. The van der Waals surface area contributed by atoms with Crippen LogP contribution >= 0.6 is 0 Å². The van der Waals surface area contributed by atoms with Crippen molar-refractivity contribution < 1.29 is 5.11 Å². The summed E-state index contributed by atoms with van der Waals surface area (Å²) >= 11 is 0. The van der Waals surface area contributed by atoms with Crippen LogP contribution in [0, 0.1) is 0 Å². The normalized spacial score (nSPS) is 18.9. The average molecular weight is 281 g/mol. The molecule has 0 saturated heterocycles. The van der Waals surface area contributed by atoms with E-state index in [0.29, 0.717) is 5.92 Å². The second kappa shape index (κ2) is 6.31. The summed E-state index contributed by atoms with van der Waals surface area (Å²) in [6.07, 6.45) is 3.16. The molecule has 0 amide bonds. The molecule has 0 spiro atoms. The van der Waals surface area contributed by atoms with E-state index in [9.17, 15) is 5.11 Å². The van der Waals surface area contributed by atoms with Gasteiger partial charge in [-0.2, -0.15) is 0 Å². The van der Waals surface area contributed by atoms with Crippen molar-refractivity contribution in [3.05, 3.63) is 65.7 Å². The molecule has 0 heterocycles. The molecule has 0 saturated carbocycles. The Morgan fingerprint density at radius 1 is 1.10 bits per heavy atom. The molecule has 0 aliphatic heterocycles. The third-order valence-electron chi connectivity index (χ3n) is 4.45. The lowest BCUT2D eigenvalue weighted by Gasteiger charge is -2.34. The number of aryl methyl sites for hydroxylation is 1. The molecule has 2 nitrogen and oxygen atoms in total. The van der Waals surface area contributed by atoms with Gasteiger partial charge >= 0.3 is 0 Å². The summed E-state index contributed by atoms with van der Waals surface area (Å²) in [7, 11) is 0. The van der Waals surface area contributed by atoms with Gasteiger partial charge < -0.3 is 10.0 Å². The first-order valence-electron chi connectivity index (χ1n) is 7.83. The third kappa shape index (κ3) is 3.11. The van der Waals surface area contributed by atoms with Gasteiger partial charge in [0, 0.05) is 18.2 Å². The predicted octanol–water partition coefficient (Wildman–Crippen LogP) is 3.95. The fourth-order valence-electron chi connectivity index (χ4n) is 3.37. The lowest BCUT2D eigenvalue weighted by atomic mass is 9.82. The maximum atomic E-state index is 10.2. The molecule has 0 radical (unpaired) electrons. The number of fused-ring (bicyclic) bond motifs is 1. The lowest BCUT2D eigenvalue weighted by Crippen LogP contribution is -2.37. The first kappa shape index (κ1) is 14.2. The van der Waals surface area contributed by atoms with Gasteiger partial charge in [-0.25, -0.2) is 0 Å². The summed E-state index contributed by atoms with van der Waals surface area (Å²) in [6, 6.07) is 19.0. The molecule has 2 aromatic rings. The Balaban J connectivity index is 1.85. The molecule has 1 aliphatic carbocycles. The highest BCUT2D eigenvalue weighted by atomic mass is 16.3. The van der Waals surface area contributed by atoms with Gasteiger partial charge in [0.15, 0.2) is 0 Å². The zero-order valence-electron chi connectivity index (χ0n) is 12.6. The Kier molecular flexibility index (Phi) is 4.26. The molecule has 0 bridgehead atoms. The molecule has 1 N–H and O–H groups in total. The molecule has 0 fully saturated rings. The Bertz CT molecular complexity index is 579. The molecule has 21 heavy (non-hydrogen) atoms. The highest BCUT2D eigenvalue weighted by molar-refractivity contribution is 5.47. The smallest absolute Gasteiger partial charge is 0.124 e. The minimum atomic E-state index is -0.471. The minimum absolute atomic E-state index is 0.471. The quantitative estimate of drug-likeness (QED) is 0.858. The van der Waals surface area contributed by atoms with Crippen LogP contribution in [-0.2, 0) is 6.42 Å². The molecular formula is C19H23NO. The molecule has 0 aromatic heterocycles. The second-order valence-corrected chi connectivity index (χ2v) is 5.91. The first-order chi connectivity index (χ1) is 10.3. The van der Waals surface area contributed by atoms with Gasteiger partial charge in [-0.3, -0.25) is 0 Å². The summed E-state index contributed by atoms with van der Waals surface area (Å²) in [5.74, 6) is 0.504. The van der Waals surface area contributed by atoms with E-state index in [1.54, 1.807) is 0 Å². The van der Waals surface area contributed by atoms with Crippen molar-refractivity contribution in [2.24, 2.45) is 0 Å². The van der Waals surface area contributed by atoms with Gasteiger partial charge in [0.25, 0.3) is 0 Å². The van der Waals surface area contributed by atoms with Crippen LogP contribution < -0.4 is 4.90 Å².